The van der Waals surface area contributed by atoms with Gasteiger partial charge in [0.1, 0.15) is 17.2 Å². The van der Waals surface area contributed by atoms with Gasteiger partial charge in [-0.3, -0.25) is 9.48 Å². The number of aromatic nitrogens is 2. The molecule has 134 valence electrons. The molecule has 0 unspecified atom stereocenters. The molecule has 0 fully saturated rings. The second-order valence-corrected chi connectivity index (χ2v) is 5.93. The molecule has 0 aliphatic carbocycles. The number of anilines is 1. The van der Waals surface area contributed by atoms with Crippen molar-refractivity contribution < 1.29 is 14.3 Å². The number of ether oxygens (including phenoxy) is 2. The van der Waals surface area contributed by atoms with Gasteiger partial charge in [-0.15, -0.1) is 0 Å². The summed E-state index contributed by atoms with van der Waals surface area (Å²) in [7, 11) is 4.93. The number of nitrogens with one attached hydrogen (secondary N) is 1. The van der Waals surface area contributed by atoms with Crippen LogP contribution < -0.4 is 14.8 Å². The van der Waals surface area contributed by atoms with Crippen LogP contribution in [0.3, 0.4) is 0 Å². The summed E-state index contributed by atoms with van der Waals surface area (Å²) < 4.78 is 12.2. The molecular formula is C20H21N3O3. The molecule has 26 heavy (non-hydrogen) atoms. The molecule has 1 amide bonds. The zero-order valence-electron chi connectivity index (χ0n) is 15.2. The molecule has 3 rings (SSSR count). The third kappa shape index (κ3) is 3.54. The lowest BCUT2D eigenvalue weighted by Crippen LogP contribution is -2.16. The Labute approximate surface area is 152 Å². The molecule has 1 aromatic heterocycles. The number of hydrogen-bond donors (Lipinski definition) is 1. The minimum Gasteiger partial charge on any atom is -0.497 e. The maximum atomic E-state index is 12.6. The van der Waals surface area contributed by atoms with E-state index in [1.165, 1.54) is 0 Å². The standard InChI is InChI=1S/C20H21N3O3/c1-13-6-5-7-14(10-13)21-20(24)18-12-17(22-23(18)2)16-9-8-15(25-3)11-19(16)26-4/h5-12H,1-4H3,(H,21,24). The quantitative estimate of drug-likeness (QED) is 0.762. The smallest absolute Gasteiger partial charge is 0.273 e. The molecule has 6 nitrogen and oxygen atoms in total. The highest BCUT2D eigenvalue weighted by Crippen LogP contribution is 2.32. The number of nitrogens with zero attached hydrogens (tertiary/aromatic N) is 2. The van der Waals surface area contributed by atoms with Gasteiger partial charge >= 0.3 is 0 Å². The van der Waals surface area contributed by atoms with E-state index < -0.39 is 0 Å². The number of methoxy groups -OCH3 is 2. The number of carbonyl (C=O) groups is 1. The molecule has 0 spiro atoms. The minimum absolute atomic E-state index is 0.218. The van der Waals surface area contributed by atoms with E-state index in [1.807, 2.05) is 43.3 Å². The molecule has 3 aromatic rings. The number of benzene rings is 2. The Morgan fingerprint density at radius 2 is 1.88 bits per heavy atom. The van der Waals surface area contributed by atoms with Gasteiger partial charge in [0.15, 0.2) is 0 Å². The van der Waals surface area contributed by atoms with Crippen molar-refractivity contribution in [3.63, 3.8) is 0 Å². The second kappa shape index (κ2) is 7.31. The Hall–Kier alpha value is -3.28. The highest BCUT2D eigenvalue weighted by molar-refractivity contribution is 6.03. The second-order valence-electron chi connectivity index (χ2n) is 5.93. The summed E-state index contributed by atoms with van der Waals surface area (Å²) >= 11 is 0. The molecule has 0 bridgehead atoms. The van der Waals surface area contributed by atoms with Crippen molar-refractivity contribution in [1.29, 1.82) is 0 Å². The van der Waals surface area contributed by atoms with Gasteiger partial charge in [-0.1, -0.05) is 12.1 Å². The van der Waals surface area contributed by atoms with Gasteiger partial charge in [0.25, 0.3) is 5.91 Å². The Balaban J connectivity index is 1.91. The SMILES string of the molecule is COc1ccc(-c2cc(C(=O)Nc3cccc(C)c3)n(C)n2)c(OC)c1. The molecule has 6 heteroatoms. The first-order valence-electron chi connectivity index (χ1n) is 8.16. The van der Waals surface area contributed by atoms with Gasteiger partial charge in [-0.25, -0.2) is 0 Å². The fourth-order valence-electron chi connectivity index (χ4n) is 2.74. The molecule has 2 aromatic carbocycles. The van der Waals surface area contributed by atoms with E-state index in [0.29, 0.717) is 22.9 Å². The molecule has 0 saturated heterocycles. The number of rotatable bonds is 5. The average molecular weight is 351 g/mol. The summed E-state index contributed by atoms with van der Waals surface area (Å²) in [6.07, 6.45) is 0. The minimum atomic E-state index is -0.218. The van der Waals surface area contributed by atoms with E-state index in [4.69, 9.17) is 9.47 Å². The van der Waals surface area contributed by atoms with Crippen LogP contribution in [0.4, 0.5) is 5.69 Å². The maximum Gasteiger partial charge on any atom is 0.273 e. The van der Waals surface area contributed by atoms with Crippen molar-refractivity contribution in [3.8, 4) is 22.8 Å². The Bertz CT molecular complexity index is 947. The summed E-state index contributed by atoms with van der Waals surface area (Å²) in [5.74, 6) is 1.11. The largest absolute Gasteiger partial charge is 0.497 e. The molecule has 0 atom stereocenters. The number of aryl methyl sites for hydroxylation is 2. The van der Waals surface area contributed by atoms with Crippen molar-refractivity contribution in [2.24, 2.45) is 7.05 Å². The number of amides is 1. The van der Waals surface area contributed by atoms with Crippen LogP contribution in [-0.4, -0.2) is 29.9 Å². The van der Waals surface area contributed by atoms with Crippen LogP contribution in [0.1, 0.15) is 16.1 Å². The molecule has 0 saturated carbocycles. The van der Waals surface area contributed by atoms with Gasteiger partial charge in [0.05, 0.1) is 19.9 Å². The molecular weight excluding hydrogens is 330 g/mol. The lowest BCUT2D eigenvalue weighted by atomic mass is 10.1. The van der Waals surface area contributed by atoms with Crippen molar-refractivity contribution >= 4 is 11.6 Å². The van der Waals surface area contributed by atoms with Crippen LogP contribution in [0.2, 0.25) is 0 Å². The number of carbonyl (C=O) groups excluding carboxylic acids is 1. The monoisotopic (exact) mass is 351 g/mol. The van der Waals surface area contributed by atoms with E-state index in [-0.39, 0.29) is 5.91 Å². The van der Waals surface area contributed by atoms with E-state index in [0.717, 1.165) is 16.8 Å². The van der Waals surface area contributed by atoms with E-state index >= 15 is 0 Å². The molecule has 0 aliphatic heterocycles. The number of hydrogen-bond acceptors (Lipinski definition) is 4. The Morgan fingerprint density at radius 3 is 2.58 bits per heavy atom. The van der Waals surface area contributed by atoms with Crippen LogP contribution in [0, 0.1) is 6.92 Å². The molecule has 0 radical (unpaired) electrons. The van der Waals surface area contributed by atoms with Gasteiger partial charge in [-0.2, -0.15) is 5.10 Å². The predicted molar refractivity (Wildman–Crippen MR) is 101 cm³/mol. The van der Waals surface area contributed by atoms with Crippen LogP contribution in [0.5, 0.6) is 11.5 Å². The molecule has 1 N–H and O–H groups in total. The van der Waals surface area contributed by atoms with Crippen molar-refractivity contribution in [3.05, 3.63) is 59.8 Å². The van der Waals surface area contributed by atoms with E-state index in [9.17, 15) is 4.79 Å². The van der Waals surface area contributed by atoms with Crippen LogP contribution >= 0.6 is 0 Å². The van der Waals surface area contributed by atoms with Crippen molar-refractivity contribution in [2.45, 2.75) is 6.92 Å². The van der Waals surface area contributed by atoms with Crippen LogP contribution in [0.15, 0.2) is 48.5 Å². The van der Waals surface area contributed by atoms with Crippen molar-refractivity contribution in [1.82, 2.24) is 9.78 Å². The zero-order chi connectivity index (χ0) is 18.7. The maximum absolute atomic E-state index is 12.6. The van der Waals surface area contributed by atoms with E-state index in [2.05, 4.69) is 10.4 Å². The first-order valence-corrected chi connectivity index (χ1v) is 8.16. The highest BCUT2D eigenvalue weighted by atomic mass is 16.5. The van der Waals surface area contributed by atoms with E-state index in [1.54, 1.807) is 38.1 Å². The first-order chi connectivity index (χ1) is 12.5. The van der Waals surface area contributed by atoms with Gasteiger partial charge in [-0.05, 0) is 42.8 Å². The van der Waals surface area contributed by atoms with Gasteiger partial charge < -0.3 is 14.8 Å². The van der Waals surface area contributed by atoms with Gasteiger partial charge in [0.2, 0.25) is 0 Å². The summed E-state index contributed by atoms with van der Waals surface area (Å²) in [6, 6.07) is 14.9. The van der Waals surface area contributed by atoms with Crippen LogP contribution in [0.25, 0.3) is 11.3 Å². The summed E-state index contributed by atoms with van der Waals surface area (Å²) in [5, 5.41) is 7.36. The fourth-order valence-corrected chi connectivity index (χ4v) is 2.74. The summed E-state index contributed by atoms with van der Waals surface area (Å²) in [4.78, 5) is 12.6. The lowest BCUT2D eigenvalue weighted by molar-refractivity contribution is 0.101. The fraction of sp³-hybridized carbons (Fsp3) is 0.200. The summed E-state index contributed by atoms with van der Waals surface area (Å²) in [6.45, 7) is 1.98. The molecule has 0 aliphatic rings. The Morgan fingerprint density at radius 1 is 1.08 bits per heavy atom. The zero-order valence-corrected chi connectivity index (χ0v) is 15.2. The van der Waals surface area contributed by atoms with Gasteiger partial charge in [0, 0.05) is 24.4 Å². The van der Waals surface area contributed by atoms with Crippen LogP contribution in [-0.2, 0) is 7.05 Å². The first kappa shape index (κ1) is 17.5. The predicted octanol–water partition coefficient (Wildman–Crippen LogP) is 3.67. The average Bonchev–Trinajstić information content (AvgIpc) is 3.02. The van der Waals surface area contributed by atoms with Crippen molar-refractivity contribution in [2.75, 3.05) is 19.5 Å². The lowest BCUT2D eigenvalue weighted by Gasteiger charge is -2.08. The highest BCUT2D eigenvalue weighted by Gasteiger charge is 2.17. The topological polar surface area (TPSA) is 65.4 Å². The normalized spacial score (nSPS) is 10.5. The molecule has 1 heterocycles. The third-order valence-electron chi connectivity index (χ3n) is 4.07. The summed E-state index contributed by atoms with van der Waals surface area (Å²) in [5.41, 5.74) is 3.73. The third-order valence-corrected chi connectivity index (χ3v) is 4.07. The Kier molecular flexibility index (Phi) is 4.93.